The van der Waals surface area contributed by atoms with Gasteiger partial charge in [0.25, 0.3) is 0 Å². The topological polar surface area (TPSA) is 55.0 Å². The van der Waals surface area contributed by atoms with Crippen LogP contribution in [0, 0.1) is 11.6 Å². The molecule has 2 heterocycles. The van der Waals surface area contributed by atoms with Crippen LogP contribution < -0.4 is 5.73 Å². The molecule has 0 unspecified atom stereocenters. The van der Waals surface area contributed by atoms with Gasteiger partial charge >= 0.3 is 0 Å². The average Bonchev–Trinajstić information content (AvgIpc) is 2.43. The third-order valence-electron chi connectivity index (χ3n) is 3.43. The van der Waals surface area contributed by atoms with E-state index in [9.17, 15) is 8.78 Å². The van der Waals surface area contributed by atoms with E-state index in [4.69, 9.17) is 5.73 Å². The number of hydrogen-bond donors (Lipinski definition) is 1. The van der Waals surface area contributed by atoms with Crippen LogP contribution in [-0.2, 0) is 19.5 Å². The van der Waals surface area contributed by atoms with Crippen LogP contribution in [-0.4, -0.2) is 21.4 Å². The summed E-state index contributed by atoms with van der Waals surface area (Å²) < 4.78 is 26.8. The lowest BCUT2D eigenvalue weighted by Gasteiger charge is -2.28. The van der Waals surface area contributed by atoms with Crippen molar-refractivity contribution in [3.05, 3.63) is 52.9 Å². The maximum absolute atomic E-state index is 13.6. The number of halogens is 2. The molecule has 1 aliphatic rings. The van der Waals surface area contributed by atoms with Gasteiger partial charge in [-0.3, -0.25) is 4.90 Å². The number of benzene rings is 1. The molecule has 0 aliphatic carbocycles. The predicted octanol–water partition coefficient (Wildman–Crippen LogP) is 1.90. The van der Waals surface area contributed by atoms with Crippen molar-refractivity contribution in [2.45, 2.75) is 19.5 Å². The fourth-order valence-electron chi connectivity index (χ4n) is 2.43. The molecule has 0 fully saturated rings. The molecule has 0 saturated heterocycles. The van der Waals surface area contributed by atoms with Crippen LogP contribution in [0.15, 0.2) is 24.4 Å². The van der Waals surface area contributed by atoms with Gasteiger partial charge in [0.2, 0.25) is 5.95 Å². The Kier molecular flexibility index (Phi) is 3.31. The van der Waals surface area contributed by atoms with Gasteiger partial charge in [-0.2, -0.15) is 0 Å². The first kappa shape index (κ1) is 12.9. The second kappa shape index (κ2) is 5.13. The second-order valence-corrected chi connectivity index (χ2v) is 4.90. The minimum atomic E-state index is -0.421. The molecule has 0 atom stereocenters. The maximum atomic E-state index is 13.6. The molecule has 1 aromatic carbocycles. The van der Waals surface area contributed by atoms with Gasteiger partial charge in [-0.25, -0.2) is 18.7 Å². The molecular weight excluding hydrogens is 262 g/mol. The van der Waals surface area contributed by atoms with Crippen molar-refractivity contribution >= 4 is 5.95 Å². The third kappa shape index (κ3) is 2.60. The average molecular weight is 276 g/mol. The van der Waals surface area contributed by atoms with Crippen LogP contribution in [0.1, 0.15) is 16.8 Å². The standard InChI is InChI=1S/C14H14F2N4/c15-11-1-2-12(16)9(5-11)7-20-4-3-13-10(8-20)6-18-14(17)19-13/h1-2,5-6H,3-4,7-8H2,(H2,17,18,19). The highest BCUT2D eigenvalue weighted by atomic mass is 19.1. The minimum absolute atomic E-state index is 0.272. The number of fused-ring (bicyclic) bond motifs is 1. The van der Waals surface area contributed by atoms with E-state index >= 15 is 0 Å². The molecule has 3 rings (SSSR count). The molecular formula is C14H14F2N4. The number of nitrogens with zero attached hydrogens (tertiary/aromatic N) is 3. The molecule has 6 heteroatoms. The third-order valence-corrected chi connectivity index (χ3v) is 3.43. The van der Waals surface area contributed by atoms with Crippen LogP contribution in [0.4, 0.5) is 14.7 Å². The lowest BCUT2D eigenvalue weighted by atomic mass is 10.1. The van der Waals surface area contributed by atoms with Crippen molar-refractivity contribution in [2.24, 2.45) is 0 Å². The highest BCUT2D eigenvalue weighted by molar-refractivity contribution is 5.27. The quantitative estimate of drug-likeness (QED) is 0.910. The zero-order valence-electron chi connectivity index (χ0n) is 10.8. The fourth-order valence-corrected chi connectivity index (χ4v) is 2.43. The normalized spacial score (nSPS) is 15.1. The first-order chi connectivity index (χ1) is 9.61. The Morgan fingerprint density at radius 1 is 1.30 bits per heavy atom. The van der Waals surface area contributed by atoms with Crippen molar-refractivity contribution in [1.82, 2.24) is 14.9 Å². The number of anilines is 1. The molecule has 1 aliphatic heterocycles. The summed E-state index contributed by atoms with van der Waals surface area (Å²) in [7, 11) is 0. The Labute approximate surface area is 115 Å². The van der Waals surface area contributed by atoms with Crippen LogP contribution in [0.3, 0.4) is 0 Å². The van der Waals surface area contributed by atoms with Gasteiger partial charge in [-0.05, 0) is 18.2 Å². The van der Waals surface area contributed by atoms with Crippen LogP contribution in [0.25, 0.3) is 0 Å². The van der Waals surface area contributed by atoms with Gasteiger partial charge in [0.15, 0.2) is 0 Å². The number of hydrogen-bond acceptors (Lipinski definition) is 4. The number of nitrogens with two attached hydrogens (primary N) is 1. The summed E-state index contributed by atoms with van der Waals surface area (Å²) in [4.78, 5) is 10.2. The predicted molar refractivity (Wildman–Crippen MR) is 70.6 cm³/mol. The van der Waals surface area contributed by atoms with Crippen molar-refractivity contribution in [1.29, 1.82) is 0 Å². The van der Waals surface area contributed by atoms with Gasteiger partial charge in [-0.1, -0.05) is 0 Å². The fraction of sp³-hybridized carbons (Fsp3) is 0.286. The highest BCUT2D eigenvalue weighted by Crippen LogP contribution is 2.20. The van der Waals surface area contributed by atoms with E-state index in [2.05, 4.69) is 9.97 Å². The molecule has 2 N–H and O–H groups in total. The van der Waals surface area contributed by atoms with E-state index in [-0.39, 0.29) is 11.8 Å². The molecule has 20 heavy (non-hydrogen) atoms. The van der Waals surface area contributed by atoms with E-state index in [0.717, 1.165) is 36.4 Å². The van der Waals surface area contributed by atoms with Gasteiger partial charge in [-0.15, -0.1) is 0 Å². The van der Waals surface area contributed by atoms with Crippen molar-refractivity contribution in [2.75, 3.05) is 12.3 Å². The summed E-state index contributed by atoms with van der Waals surface area (Å²) >= 11 is 0. The molecule has 1 aromatic heterocycles. The van der Waals surface area contributed by atoms with E-state index < -0.39 is 5.82 Å². The number of aromatic nitrogens is 2. The zero-order valence-corrected chi connectivity index (χ0v) is 10.8. The van der Waals surface area contributed by atoms with Crippen LogP contribution in [0.2, 0.25) is 0 Å². The Hall–Kier alpha value is -2.08. The Morgan fingerprint density at radius 2 is 2.15 bits per heavy atom. The first-order valence-electron chi connectivity index (χ1n) is 6.38. The summed E-state index contributed by atoms with van der Waals surface area (Å²) in [6, 6.07) is 3.53. The molecule has 0 radical (unpaired) electrons. The number of rotatable bonds is 2. The summed E-state index contributed by atoms with van der Waals surface area (Å²) in [5.74, 6) is -0.533. The van der Waals surface area contributed by atoms with Crippen molar-refractivity contribution < 1.29 is 8.78 Å². The zero-order chi connectivity index (χ0) is 14.1. The van der Waals surface area contributed by atoms with E-state index in [1.54, 1.807) is 6.20 Å². The Morgan fingerprint density at radius 3 is 3.00 bits per heavy atom. The summed E-state index contributed by atoms with van der Waals surface area (Å²) in [6.45, 7) is 1.72. The summed E-state index contributed by atoms with van der Waals surface area (Å²) in [6.07, 6.45) is 2.44. The van der Waals surface area contributed by atoms with Crippen molar-refractivity contribution in [3.63, 3.8) is 0 Å². The van der Waals surface area contributed by atoms with Crippen molar-refractivity contribution in [3.8, 4) is 0 Å². The lowest BCUT2D eigenvalue weighted by molar-refractivity contribution is 0.239. The largest absolute Gasteiger partial charge is 0.368 e. The molecule has 104 valence electrons. The summed E-state index contributed by atoms with van der Waals surface area (Å²) in [5.41, 5.74) is 7.84. The Bertz CT molecular complexity index is 645. The monoisotopic (exact) mass is 276 g/mol. The van der Waals surface area contributed by atoms with E-state index in [1.807, 2.05) is 4.90 Å². The summed E-state index contributed by atoms with van der Waals surface area (Å²) in [5, 5.41) is 0. The lowest BCUT2D eigenvalue weighted by Crippen LogP contribution is -2.31. The van der Waals surface area contributed by atoms with Gasteiger partial charge < -0.3 is 5.73 Å². The van der Waals surface area contributed by atoms with E-state index in [1.165, 1.54) is 6.07 Å². The van der Waals surface area contributed by atoms with Crippen LogP contribution in [0.5, 0.6) is 0 Å². The smallest absolute Gasteiger partial charge is 0.220 e. The molecule has 0 amide bonds. The van der Waals surface area contributed by atoms with Gasteiger partial charge in [0.05, 0.1) is 5.69 Å². The molecule has 0 saturated carbocycles. The van der Waals surface area contributed by atoms with E-state index in [0.29, 0.717) is 18.7 Å². The van der Waals surface area contributed by atoms with Gasteiger partial charge in [0, 0.05) is 43.4 Å². The van der Waals surface area contributed by atoms with Crippen LogP contribution >= 0.6 is 0 Å². The molecule has 2 aromatic rings. The molecule has 4 nitrogen and oxygen atoms in total. The second-order valence-electron chi connectivity index (χ2n) is 4.90. The number of nitrogen functional groups attached to an aromatic ring is 1. The minimum Gasteiger partial charge on any atom is -0.368 e. The first-order valence-corrected chi connectivity index (χ1v) is 6.38. The Balaban J connectivity index is 1.77. The molecule has 0 spiro atoms. The SMILES string of the molecule is Nc1ncc2c(n1)CCN(Cc1cc(F)ccc1F)C2. The maximum Gasteiger partial charge on any atom is 0.220 e. The highest BCUT2D eigenvalue weighted by Gasteiger charge is 2.19. The van der Waals surface area contributed by atoms with Gasteiger partial charge in [0.1, 0.15) is 11.6 Å². The molecule has 0 bridgehead atoms.